The molecule has 3 rings (SSSR count). The molecule has 2 aromatic carbocycles. The van der Waals surface area contributed by atoms with E-state index in [0.29, 0.717) is 11.4 Å². The van der Waals surface area contributed by atoms with Crippen LogP contribution in [0.2, 0.25) is 0 Å². The number of carbonyl (C=O) groups excluding carboxylic acids is 2. The minimum Gasteiger partial charge on any atom is -0.459 e. The normalized spacial score (nSPS) is 11.0. The van der Waals surface area contributed by atoms with Crippen LogP contribution in [0.4, 0.5) is 17.1 Å². The predicted octanol–water partition coefficient (Wildman–Crippen LogP) is 3.10. The molecule has 0 radical (unpaired) electrons. The topological polar surface area (TPSA) is 149 Å². The zero-order valence-corrected chi connectivity index (χ0v) is 16.3. The highest BCUT2D eigenvalue weighted by atomic mass is 32.2. The van der Waals surface area contributed by atoms with Crippen LogP contribution in [0.5, 0.6) is 0 Å². The monoisotopic (exact) mass is 429 g/mol. The van der Waals surface area contributed by atoms with Crippen molar-refractivity contribution in [2.75, 3.05) is 16.9 Å². The van der Waals surface area contributed by atoms with E-state index in [2.05, 4.69) is 10.6 Å². The van der Waals surface area contributed by atoms with Gasteiger partial charge < -0.3 is 15.1 Å². The molecule has 0 spiro atoms. The van der Waals surface area contributed by atoms with Crippen LogP contribution in [0.15, 0.2) is 70.2 Å². The highest BCUT2D eigenvalue weighted by molar-refractivity contribution is 7.90. The Bertz CT molecular complexity index is 1220. The molecule has 1 aromatic heterocycles. The number of sulfone groups is 1. The Morgan fingerprint density at radius 2 is 1.57 bits per heavy atom. The Labute approximate surface area is 170 Å². The van der Waals surface area contributed by atoms with Crippen molar-refractivity contribution in [1.82, 2.24) is 0 Å². The number of rotatable bonds is 6. The van der Waals surface area contributed by atoms with E-state index in [-0.39, 0.29) is 16.2 Å². The van der Waals surface area contributed by atoms with Gasteiger partial charge in [-0.05, 0) is 42.5 Å². The average Bonchev–Trinajstić information content (AvgIpc) is 3.23. The highest BCUT2D eigenvalue weighted by Crippen LogP contribution is 2.22. The number of non-ortho nitro benzene ring substituents is 1. The number of benzene rings is 2. The Morgan fingerprint density at radius 1 is 0.967 bits per heavy atom. The van der Waals surface area contributed by atoms with E-state index in [1.54, 1.807) is 6.07 Å². The molecule has 10 nitrogen and oxygen atoms in total. The number of hydrogen-bond donors (Lipinski definition) is 2. The number of furan rings is 1. The summed E-state index contributed by atoms with van der Waals surface area (Å²) in [4.78, 5) is 34.4. The fraction of sp³-hybridized carbons (Fsp3) is 0.0526. The van der Waals surface area contributed by atoms with E-state index in [9.17, 15) is 28.1 Å². The number of hydrogen-bond acceptors (Lipinski definition) is 7. The van der Waals surface area contributed by atoms with Crippen molar-refractivity contribution in [3.8, 4) is 0 Å². The number of nitro benzene ring substituents is 1. The summed E-state index contributed by atoms with van der Waals surface area (Å²) in [5.74, 6) is -1.03. The fourth-order valence-electron chi connectivity index (χ4n) is 2.47. The van der Waals surface area contributed by atoms with E-state index in [1.807, 2.05) is 0 Å². The molecule has 30 heavy (non-hydrogen) atoms. The summed E-state index contributed by atoms with van der Waals surface area (Å²) in [5.41, 5.74) is 0.0893. The lowest BCUT2D eigenvalue weighted by molar-refractivity contribution is -0.385. The van der Waals surface area contributed by atoms with Gasteiger partial charge in [-0.1, -0.05) is 0 Å². The molecule has 154 valence electrons. The Hall–Kier alpha value is -3.99. The summed E-state index contributed by atoms with van der Waals surface area (Å²) < 4.78 is 28.5. The maximum atomic E-state index is 12.5. The van der Waals surface area contributed by atoms with Crippen molar-refractivity contribution in [3.63, 3.8) is 0 Å². The minimum atomic E-state index is -3.76. The SMILES string of the molecule is CS(=O)(=O)c1cc(C(=O)Nc2ccc(NC(=O)c3ccco3)cc2)cc([N+](=O)[O-])c1. The molecular formula is C19H15N3O7S. The van der Waals surface area contributed by atoms with Crippen LogP contribution in [0, 0.1) is 10.1 Å². The van der Waals surface area contributed by atoms with Crippen LogP contribution in [-0.2, 0) is 9.84 Å². The smallest absolute Gasteiger partial charge is 0.291 e. The van der Waals surface area contributed by atoms with Crippen molar-refractivity contribution in [1.29, 1.82) is 0 Å². The zero-order chi connectivity index (χ0) is 21.9. The first-order valence-corrected chi connectivity index (χ1v) is 10.3. The number of nitrogens with one attached hydrogen (secondary N) is 2. The molecule has 1 heterocycles. The third-order valence-corrected chi connectivity index (χ3v) is 5.03. The summed E-state index contributed by atoms with van der Waals surface area (Å²) >= 11 is 0. The Balaban J connectivity index is 1.76. The molecule has 0 fully saturated rings. The van der Waals surface area contributed by atoms with Gasteiger partial charge in [-0.2, -0.15) is 0 Å². The van der Waals surface area contributed by atoms with Crippen molar-refractivity contribution in [3.05, 3.63) is 82.3 Å². The highest BCUT2D eigenvalue weighted by Gasteiger charge is 2.19. The van der Waals surface area contributed by atoms with E-state index in [4.69, 9.17) is 4.42 Å². The number of anilines is 2. The summed E-state index contributed by atoms with van der Waals surface area (Å²) in [6.07, 6.45) is 2.26. The summed E-state index contributed by atoms with van der Waals surface area (Å²) in [7, 11) is -3.76. The molecule has 2 N–H and O–H groups in total. The summed E-state index contributed by atoms with van der Waals surface area (Å²) in [6, 6.07) is 12.1. The standard InChI is InChI=1S/C19H15N3O7S/c1-30(27,28)16-10-12(9-15(11-16)22(25)26)18(23)20-13-4-6-14(7-5-13)21-19(24)17-3-2-8-29-17/h2-11H,1H3,(H,20,23)(H,21,24). The maximum absolute atomic E-state index is 12.5. The number of nitro groups is 1. The molecule has 0 aliphatic heterocycles. The molecule has 0 aliphatic rings. The first-order valence-electron chi connectivity index (χ1n) is 8.39. The molecule has 2 amide bonds. The summed E-state index contributed by atoms with van der Waals surface area (Å²) in [5, 5.41) is 16.2. The molecule has 0 unspecified atom stereocenters. The zero-order valence-electron chi connectivity index (χ0n) is 15.5. The van der Waals surface area contributed by atoms with E-state index < -0.39 is 32.3 Å². The van der Waals surface area contributed by atoms with Gasteiger partial charge in [-0.3, -0.25) is 19.7 Å². The van der Waals surface area contributed by atoms with E-state index in [1.165, 1.54) is 36.6 Å². The average molecular weight is 429 g/mol. The third-order valence-electron chi connectivity index (χ3n) is 3.94. The second-order valence-corrected chi connectivity index (χ2v) is 8.22. The summed E-state index contributed by atoms with van der Waals surface area (Å²) in [6.45, 7) is 0. The molecule has 0 saturated carbocycles. The van der Waals surface area contributed by atoms with Gasteiger partial charge in [-0.15, -0.1) is 0 Å². The lowest BCUT2D eigenvalue weighted by Crippen LogP contribution is -2.14. The van der Waals surface area contributed by atoms with Crippen molar-refractivity contribution < 1.29 is 27.3 Å². The first kappa shape index (κ1) is 20.7. The van der Waals surface area contributed by atoms with Crippen molar-refractivity contribution in [2.45, 2.75) is 4.90 Å². The van der Waals surface area contributed by atoms with Crippen LogP contribution in [-0.4, -0.2) is 31.4 Å². The Morgan fingerprint density at radius 3 is 2.07 bits per heavy atom. The second-order valence-electron chi connectivity index (χ2n) is 6.21. The van der Waals surface area contributed by atoms with Crippen LogP contribution < -0.4 is 10.6 Å². The van der Waals surface area contributed by atoms with Gasteiger partial charge in [0.2, 0.25) is 0 Å². The van der Waals surface area contributed by atoms with E-state index >= 15 is 0 Å². The largest absolute Gasteiger partial charge is 0.459 e. The first-order chi connectivity index (χ1) is 14.1. The lowest BCUT2D eigenvalue weighted by atomic mass is 10.2. The van der Waals surface area contributed by atoms with E-state index in [0.717, 1.165) is 24.5 Å². The number of nitrogens with zero attached hydrogens (tertiary/aromatic N) is 1. The molecule has 0 bridgehead atoms. The number of carbonyl (C=O) groups is 2. The van der Waals surface area contributed by atoms with Crippen LogP contribution in [0.1, 0.15) is 20.9 Å². The van der Waals surface area contributed by atoms with Gasteiger partial charge in [0.15, 0.2) is 15.6 Å². The maximum Gasteiger partial charge on any atom is 0.291 e. The van der Waals surface area contributed by atoms with Gasteiger partial charge in [0, 0.05) is 35.3 Å². The van der Waals surface area contributed by atoms with Crippen LogP contribution in [0.3, 0.4) is 0 Å². The van der Waals surface area contributed by atoms with Crippen molar-refractivity contribution in [2.24, 2.45) is 0 Å². The third kappa shape index (κ3) is 4.89. The van der Waals surface area contributed by atoms with Gasteiger partial charge in [0.25, 0.3) is 17.5 Å². The van der Waals surface area contributed by atoms with Gasteiger partial charge in [0.05, 0.1) is 16.1 Å². The van der Waals surface area contributed by atoms with Gasteiger partial charge in [0.1, 0.15) is 0 Å². The molecule has 0 atom stereocenters. The quantitative estimate of drug-likeness (QED) is 0.452. The van der Waals surface area contributed by atoms with Crippen LogP contribution >= 0.6 is 0 Å². The predicted molar refractivity (Wildman–Crippen MR) is 107 cm³/mol. The minimum absolute atomic E-state index is 0.139. The Kier molecular flexibility index (Phi) is 5.65. The fourth-order valence-corrected chi connectivity index (χ4v) is 3.15. The molecule has 11 heteroatoms. The van der Waals surface area contributed by atoms with Gasteiger partial charge in [-0.25, -0.2) is 8.42 Å². The number of amides is 2. The van der Waals surface area contributed by atoms with Crippen molar-refractivity contribution >= 4 is 38.7 Å². The molecule has 3 aromatic rings. The van der Waals surface area contributed by atoms with Gasteiger partial charge >= 0.3 is 0 Å². The molecule has 0 saturated heterocycles. The second kappa shape index (κ2) is 8.17. The molecule has 0 aliphatic carbocycles. The molecular weight excluding hydrogens is 414 g/mol. The lowest BCUT2D eigenvalue weighted by Gasteiger charge is -2.08. The van der Waals surface area contributed by atoms with Crippen LogP contribution in [0.25, 0.3) is 0 Å².